The topological polar surface area (TPSA) is 25.8 Å². The zero-order valence-electron chi connectivity index (χ0n) is 15.9. The standard InChI is InChI=1S/C17H18N2.C5H12/c1-4-16(17-6-5-11-18-14(17)3)10-9-15-8-7-13(2)19-12-15;1-4-5(2)3/h4-12H,1-3H3;5H,4H2,1-3H3/b10-9+,16-4-;. The van der Waals surface area contributed by atoms with Gasteiger partial charge in [-0.3, -0.25) is 9.97 Å². The van der Waals surface area contributed by atoms with Gasteiger partial charge in [0.1, 0.15) is 0 Å². The highest BCUT2D eigenvalue weighted by Gasteiger charge is 2.01. The van der Waals surface area contributed by atoms with Crippen molar-refractivity contribution >= 4 is 11.6 Å². The third-order valence-electron chi connectivity index (χ3n) is 3.84. The first kappa shape index (κ1) is 19.8. The maximum atomic E-state index is 4.33. The molecule has 2 nitrogen and oxygen atoms in total. The Morgan fingerprint density at radius 3 is 2.33 bits per heavy atom. The number of pyridine rings is 2. The van der Waals surface area contributed by atoms with Crippen LogP contribution in [0.25, 0.3) is 11.6 Å². The van der Waals surface area contributed by atoms with Crippen LogP contribution in [0.4, 0.5) is 0 Å². The quantitative estimate of drug-likeness (QED) is 0.621. The average molecular weight is 322 g/mol. The van der Waals surface area contributed by atoms with E-state index in [9.17, 15) is 0 Å². The second-order valence-corrected chi connectivity index (χ2v) is 6.25. The van der Waals surface area contributed by atoms with Gasteiger partial charge in [-0.1, -0.05) is 57.6 Å². The molecule has 0 fully saturated rings. The normalized spacial score (nSPS) is 11.5. The van der Waals surface area contributed by atoms with Gasteiger partial charge in [0.25, 0.3) is 0 Å². The third kappa shape index (κ3) is 6.91. The minimum Gasteiger partial charge on any atom is -0.261 e. The van der Waals surface area contributed by atoms with E-state index in [1.807, 2.05) is 45.3 Å². The molecule has 0 spiro atoms. The molecule has 2 aromatic rings. The Morgan fingerprint density at radius 1 is 1.12 bits per heavy atom. The highest BCUT2D eigenvalue weighted by molar-refractivity contribution is 5.79. The summed E-state index contributed by atoms with van der Waals surface area (Å²) in [5.74, 6) is 0.884. The lowest BCUT2D eigenvalue weighted by Gasteiger charge is -2.05. The predicted molar refractivity (Wildman–Crippen MR) is 106 cm³/mol. The molecule has 24 heavy (non-hydrogen) atoms. The number of nitrogens with zero attached hydrogens (tertiary/aromatic N) is 2. The first-order valence-corrected chi connectivity index (χ1v) is 8.67. The Labute approximate surface area is 147 Å². The van der Waals surface area contributed by atoms with Crippen molar-refractivity contribution in [2.45, 2.75) is 48.0 Å². The molecule has 0 radical (unpaired) electrons. The van der Waals surface area contributed by atoms with E-state index in [1.54, 1.807) is 0 Å². The molecule has 0 unspecified atom stereocenters. The maximum absolute atomic E-state index is 4.33. The molecule has 0 saturated carbocycles. The minimum atomic E-state index is 0.884. The van der Waals surface area contributed by atoms with Gasteiger partial charge in [0.2, 0.25) is 0 Å². The number of allylic oxidation sites excluding steroid dienone is 3. The maximum Gasteiger partial charge on any atom is 0.0450 e. The summed E-state index contributed by atoms with van der Waals surface area (Å²) in [6.45, 7) is 12.7. The van der Waals surface area contributed by atoms with Crippen LogP contribution in [0.15, 0.2) is 48.8 Å². The fourth-order valence-corrected chi connectivity index (χ4v) is 1.89. The van der Waals surface area contributed by atoms with Crippen molar-refractivity contribution in [3.8, 4) is 0 Å². The lowest BCUT2D eigenvalue weighted by atomic mass is 10.0. The lowest BCUT2D eigenvalue weighted by molar-refractivity contribution is 0.626. The number of aromatic nitrogens is 2. The zero-order valence-corrected chi connectivity index (χ0v) is 15.9. The van der Waals surface area contributed by atoms with Gasteiger partial charge in [0.15, 0.2) is 0 Å². The SMILES string of the molecule is C/C=C(/C=C/c1ccc(C)nc1)c1cccnc1C.CCC(C)C. The van der Waals surface area contributed by atoms with Crippen LogP contribution in [0.1, 0.15) is 56.6 Å². The molecule has 0 aliphatic heterocycles. The van der Waals surface area contributed by atoms with E-state index in [2.05, 4.69) is 61.1 Å². The smallest absolute Gasteiger partial charge is 0.0450 e. The number of hydrogen-bond donors (Lipinski definition) is 0. The van der Waals surface area contributed by atoms with Crippen LogP contribution in [0, 0.1) is 19.8 Å². The molecule has 2 heteroatoms. The second kappa shape index (κ2) is 10.5. The van der Waals surface area contributed by atoms with E-state index in [4.69, 9.17) is 0 Å². The largest absolute Gasteiger partial charge is 0.261 e. The fourth-order valence-electron chi connectivity index (χ4n) is 1.89. The van der Waals surface area contributed by atoms with Gasteiger partial charge >= 0.3 is 0 Å². The Hall–Kier alpha value is -2.22. The summed E-state index contributed by atoms with van der Waals surface area (Å²) in [4.78, 5) is 8.62. The van der Waals surface area contributed by atoms with E-state index in [-0.39, 0.29) is 0 Å². The van der Waals surface area contributed by atoms with Gasteiger partial charge in [-0.05, 0) is 50.0 Å². The first-order valence-electron chi connectivity index (χ1n) is 8.67. The van der Waals surface area contributed by atoms with Gasteiger partial charge < -0.3 is 0 Å². The van der Waals surface area contributed by atoms with Crippen molar-refractivity contribution in [1.29, 1.82) is 0 Å². The Morgan fingerprint density at radius 2 is 1.83 bits per heavy atom. The molecule has 0 amide bonds. The summed E-state index contributed by atoms with van der Waals surface area (Å²) in [6, 6.07) is 8.15. The van der Waals surface area contributed by atoms with Crippen molar-refractivity contribution in [2.24, 2.45) is 5.92 Å². The molecule has 0 aliphatic carbocycles. The number of aryl methyl sites for hydroxylation is 2. The number of rotatable bonds is 4. The van der Waals surface area contributed by atoms with E-state index in [0.29, 0.717) is 0 Å². The van der Waals surface area contributed by atoms with Crippen molar-refractivity contribution in [2.75, 3.05) is 0 Å². The van der Waals surface area contributed by atoms with Crippen LogP contribution in [0.2, 0.25) is 0 Å². The summed E-state index contributed by atoms with van der Waals surface area (Å²) in [5, 5.41) is 0. The zero-order chi connectivity index (χ0) is 17.9. The summed E-state index contributed by atoms with van der Waals surface area (Å²) in [5.41, 5.74) is 5.52. The van der Waals surface area contributed by atoms with E-state index in [1.165, 1.54) is 17.6 Å². The van der Waals surface area contributed by atoms with Gasteiger partial charge in [0, 0.05) is 29.3 Å². The van der Waals surface area contributed by atoms with Crippen molar-refractivity contribution in [3.63, 3.8) is 0 Å². The molecule has 0 bridgehead atoms. The van der Waals surface area contributed by atoms with Crippen LogP contribution in [-0.2, 0) is 0 Å². The van der Waals surface area contributed by atoms with Crippen molar-refractivity contribution in [3.05, 3.63) is 71.3 Å². The molecule has 0 saturated heterocycles. The van der Waals surface area contributed by atoms with Crippen molar-refractivity contribution < 1.29 is 0 Å². The second-order valence-electron chi connectivity index (χ2n) is 6.25. The molecular weight excluding hydrogens is 292 g/mol. The van der Waals surface area contributed by atoms with Crippen molar-refractivity contribution in [1.82, 2.24) is 9.97 Å². The van der Waals surface area contributed by atoms with Gasteiger partial charge in [-0.2, -0.15) is 0 Å². The molecule has 2 heterocycles. The number of hydrogen-bond acceptors (Lipinski definition) is 2. The van der Waals surface area contributed by atoms with Crippen LogP contribution in [0.5, 0.6) is 0 Å². The lowest BCUT2D eigenvalue weighted by Crippen LogP contribution is -1.89. The molecule has 0 aliphatic rings. The minimum absolute atomic E-state index is 0.884. The highest BCUT2D eigenvalue weighted by Crippen LogP contribution is 2.19. The van der Waals surface area contributed by atoms with Crippen LogP contribution >= 0.6 is 0 Å². The Kier molecular flexibility index (Phi) is 8.70. The summed E-state index contributed by atoms with van der Waals surface area (Å²) >= 11 is 0. The molecule has 0 N–H and O–H groups in total. The highest BCUT2D eigenvalue weighted by atomic mass is 14.7. The van der Waals surface area contributed by atoms with Gasteiger partial charge in [0.05, 0.1) is 0 Å². The third-order valence-corrected chi connectivity index (χ3v) is 3.84. The molecular formula is C22H30N2. The van der Waals surface area contributed by atoms with Crippen LogP contribution in [0.3, 0.4) is 0 Å². The van der Waals surface area contributed by atoms with E-state index < -0.39 is 0 Å². The molecule has 128 valence electrons. The Balaban J connectivity index is 0.000000505. The summed E-state index contributed by atoms with van der Waals surface area (Å²) in [7, 11) is 0. The molecule has 0 aromatic carbocycles. The first-order chi connectivity index (χ1) is 11.5. The molecule has 2 rings (SSSR count). The summed E-state index contributed by atoms with van der Waals surface area (Å²) < 4.78 is 0. The van der Waals surface area contributed by atoms with Gasteiger partial charge in [-0.15, -0.1) is 0 Å². The predicted octanol–water partition coefficient (Wildman–Crippen LogP) is 6.26. The van der Waals surface area contributed by atoms with E-state index in [0.717, 1.165) is 22.9 Å². The summed E-state index contributed by atoms with van der Waals surface area (Å²) in [6.07, 6.45) is 11.3. The molecule has 2 aromatic heterocycles. The fraction of sp³-hybridized carbons (Fsp3) is 0.364. The monoisotopic (exact) mass is 322 g/mol. The van der Waals surface area contributed by atoms with Crippen LogP contribution in [-0.4, -0.2) is 9.97 Å². The van der Waals surface area contributed by atoms with Crippen LogP contribution < -0.4 is 0 Å². The van der Waals surface area contributed by atoms with Gasteiger partial charge in [-0.25, -0.2) is 0 Å². The molecule has 0 atom stereocenters. The van der Waals surface area contributed by atoms with E-state index >= 15 is 0 Å². The average Bonchev–Trinajstić information content (AvgIpc) is 2.59. The Bertz CT molecular complexity index is 665.